The number of aromatic amines is 2. The molecule has 0 radical (unpaired) electrons. The van der Waals surface area contributed by atoms with Gasteiger partial charge in [0.1, 0.15) is 0 Å². The van der Waals surface area contributed by atoms with E-state index >= 15 is 8.78 Å². The topological polar surface area (TPSA) is 177 Å². The van der Waals surface area contributed by atoms with Gasteiger partial charge in [0.05, 0.1) is 49.8 Å². The number of piperidine rings is 1. The molecule has 4 unspecified atom stereocenters. The van der Waals surface area contributed by atoms with Crippen molar-refractivity contribution in [3.05, 3.63) is 84.6 Å². The molecule has 4 N–H and O–H groups in total. The highest BCUT2D eigenvalue weighted by Gasteiger charge is 2.52. The minimum atomic E-state index is -3.06. The number of hydrogen-bond donors (Lipinski definition) is 3. The number of rotatable bonds is 7. The minimum absolute atomic E-state index is 0.0285. The molecule has 2 saturated heterocycles. The van der Waals surface area contributed by atoms with E-state index in [4.69, 9.17) is 0 Å². The zero-order valence-corrected chi connectivity index (χ0v) is 41.9. The number of likely N-dealkylation sites (tertiary alicyclic amines) is 2. The maximum atomic E-state index is 15.4. The lowest BCUT2D eigenvalue weighted by atomic mass is 9.92. The number of halogens is 2. The minimum Gasteiger partial charge on any atom is -0.469 e. The lowest BCUT2D eigenvalue weighted by Gasteiger charge is -2.37. The van der Waals surface area contributed by atoms with Gasteiger partial charge in [-0.25, -0.2) is 14.8 Å². The largest absolute Gasteiger partial charge is 0.469 e. The van der Waals surface area contributed by atoms with Gasteiger partial charge in [-0.15, -0.1) is 0 Å². The van der Waals surface area contributed by atoms with Crippen molar-refractivity contribution in [2.75, 3.05) is 20.8 Å². The van der Waals surface area contributed by atoms with Gasteiger partial charge >= 0.3 is 12.1 Å². The molecule has 15 heteroatoms. The summed E-state index contributed by atoms with van der Waals surface area (Å²) in [5, 5.41) is 0. The molecule has 3 amide bonds. The monoisotopic (exact) mass is 952 g/mol. The number of nitrogens with two attached hydrogens (primary N) is 1. The summed E-state index contributed by atoms with van der Waals surface area (Å²) in [6.07, 6.45) is 13.7. The van der Waals surface area contributed by atoms with Crippen LogP contribution in [0, 0.1) is 29.1 Å². The molecule has 2 saturated carbocycles. The third-order valence-electron chi connectivity index (χ3n) is 14.5. The van der Waals surface area contributed by atoms with Crippen LogP contribution in [0.25, 0.3) is 44.5 Å². The summed E-state index contributed by atoms with van der Waals surface area (Å²) in [5.74, 6) is -0.578. The summed E-state index contributed by atoms with van der Waals surface area (Å²) in [4.78, 5) is 61.9. The number of amides is 3. The molecule has 2 bridgehead atoms. The smallest absolute Gasteiger partial charge is 0.404 e. The third kappa shape index (κ3) is 12.0. The second-order valence-corrected chi connectivity index (χ2v) is 20.1. The van der Waals surface area contributed by atoms with Gasteiger partial charge in [0.25, 0.3) is 5.92 Å². The molecule has 13 nitrogen and oxygen atoms in total. The molecule has 3 aromatic carbocycles. The number of aromatic nitrogens is 4. The van der Waals surface area contributed by atoms with Gasteiger partial charge in [-0.2, -0.15) is 8.78 Å². The van der Waals surface area contributed by atoms with Gasteiger partial charge in [0, 0.05) is 60.6 Å². The fourth-order valence-electron chi connectivity index (χ4n) is 10.2. The van der Waals surface area contributed by atoms with Crippen molar-refractivity contribution in [1.29, 1.82) is 0 Å². The van der Waals surface area contributed by atoms with Gasteiger partial charge in [-0.1, -0.05) is 71.9 Å². The second-order valence-electron chi connectivity index (χ2n) is 20.1. The first-order chi connectivity index (χ1) is 32.7. The van der Waals surface area contributed by atoms with Crippen molar-refractivity contribution in [3.63, 3.8) is 0 Å². The Morgan fingerprint density at radius 2 is 1.48 bits per heavy atom. The van der Waals surface area contributed by atoms with Crippen LogP contribution in [0.5, 0.6) is 0 Å². The fraction of sp³-hybridized carbons (Fsp3) is 0.519. The van der Waals surface area contributed by atoms with Gasteiger partial charge < -0.3 is 35.0 Å². The highest BCUT2D eigenvalue weighted by molar-refractivity contribution is 5.87. The number of imidazole rings is 2. The number of H-pyrrole nitrogens is 2. The Morgan fingerprint density at radius 3 is 2.01 bits per heavy atom. The first-order valence-corrected chi connectivity index (χ1v) is 24.3. The molecule has 372 valence electrons. The molecular weight excluding hydrogens is 881 g/mol. The Bertz CT molecular complexity index is 2560. The number of fused-ring (bicyclic) bond motifs is 6. The zero-order valence-electron chi connectivity index (χ0n) is 41.9. The van der Waals surface area contributed by atoms with Crippen molar-refractivity contribution in [1.82, 2.24) is 29.7 Å². The number of methoxy groups -OCH3 is 2. The maximum absolute atomic E-state index is 15.4. The normalized spacial score (nSPS) is 20.8. The lowest BCUT2D eigenvalue weighted by molar-refractivity contribution is -0.141. The SMILES string of the molecule is CC(C)CC(=O)N1CC2(CC2)CC1C.CCC1C2CCC(C2)N1C(=O)[C@@H](C)C(C)C.COC(C)=O.COC(N)=O.FC1(F)c2cc(-c3ccc4nc[nH]c4c3)ccc2-c2ccc(-c3cnc[nH]3)cc21. The number of nitrogens with zero attached hydrogens (tertiary/aromatic N) is 4. The maximum Gasteiger partial charge on any atom is 0.404 e. The number of esters is 1. The lowest BCUT2D eigenvalue weighted by Crippen LogP contribution is -2.47. The highest BCUT2D eigenvalue weighted by Crippen LogP contribution is 2.55. The van der Waals surface area contributed by atoms with E-state index in [0.717, 1.165) is 47.5 Å². The molecule has 5 atom stereocenters. The van der Waals surface area contributed by atoms with Crippen molar-refractivity contribution < 1.29 is 37.4 Å². The average Bonchev–Trinajstić information content (AvgIpc) is 4.03. The van der Waals surface area contributed by atoms with Gasteiger partial charge in [0.15, 0.2) is 0 Å². The molecule has 10 rings (SSSR count). The van der Waals surface area contributed by atoms with E-state index < -0.39 is 12.0 Å². The Kier molecular flexibility index (Phi) is 16.7. The van der Waals surface area contributed by atoms with Crippen LogP contribution in [0.3, 0.4) is 0 Å². The van der Waals surface area contributed by atoms with E-state index in [1.54, 1.807) is 36.8 Å². The average molecular weight is 952 g/mol. The molecule has 69 heavy (non-hydrogen) atoms. The van der Waals surface area contributed by atoms with E-state index in [1.807, 2.05) is 30.3 Å². The quantitative estimate of drug-likeness (QED) is 0.135. The molecule has 2 aliphatic heterocycles. The van der Waals surface area contributed by atoms with E-state index in [0.29, 0.717) is 69.6 Å². The van der Waals surface area contributed by atoms with Gasteiger partial charge in [0.2, 0.25) is 11.8 Å². The number of carbonyl (C=O) groups is 4. The second kappa shape index (κ2) is 22.1. The number of hydrogen-bond acceptors (Lipinski definition) is 8. The number of ether oxygens (including phenoxy) is 2. The van der Waals surface area contributed by atoms with Crippen molar-refractivity contribution in [2.24, 2.45) is 34.8 Å². The Morgan fingerprint density at radius 1 is 0.870 bits per heavy atom. The molecular formula is C54H71F2N7O6. The first-order valence-electron chi connectivity index (χ1n) is 24.3. The Balaban J connectivity index is 0.000000166. The fourth-order valence-corrected chi connectivity index (χ4v) is 10.2. The first kappa shape index (κ1) is 52.3. The van der Waals surface area contributed by atoms with Crippen molar-refractivity contribution >= 4 is 34.9 Å². The Hall–Kier alpha value is -6.12. The molecule has 4 heterocycles. The number of primary amides is 1. The third-order valence-corrected chi connectivity index (χ3v) is 14.5. The van der Waals surface area contributed by atoms with Crippen LogP contribution in [-0.2, 0) is 29.8 Å². The molecule has 3 aliphatic carbocycles. The zero-order chi connectivity index (χ0) is 50.4. The van der Waals surface area contributed by atoms with Crippen LogP contribution in [0.4, 0.5) is 13.6 Å². The van der Waals surface area contributed by atoms with E-state index in [2.05, 4.69) is 93.4 Å². The summed E-state index contributed by atoms with van der Waals surface area (Å²) < 4.78 is 38.8. The molecule has 5 aliphatic rings. The van der Waals surface area contributed by atoms with Crippen LogP contribution in [0.2, 0.25) is 0 Å². The number of benzene rings is 3. The van der Waals surface area contributed by atoms with Crippen molar-refractivity contribution in [3.8, 4) is 33.5 Å². The van der Waals surface area contributed by atoms with Crippen LogP contribution < -0.4 is 5.73 Å². The number of nitrogens with one attached hydrogen (secondary N) is 2. The van der Waals surface area contributed by atoms with Crippen LogP contribution in [0.15, 0.2) is 73.4 Å². The van der Waals surface area contributed by atoms with Gasteiger partial charge in [-0.3, -0.25) is 14.4 Å². The number of alkyl halides is 2. The summed E-state index contributed by atoms with van der Waals surface area (Å²) in [6, 6.07) is 17.8. The summed E-state index contributed by atoms with van der Waals surface area (Å²) in [7, 11) is 2.57. The Labute approximate surface area is 405 Å². The standard InChI is InChI=1S/C23H14F2N4.C14H25NO.C12H21NO.C3H6O2.C2H5NO2/c24-23(25)18-7-13(14-3-6-20-21(9-14)29-12-28-20)1-4-16(18)17-5-2-15(8-19(17)23)22-10-26-11-27-22;1-5-13-11-6-7-12(8-11)15(13)14(16)10(4)9(2)3;1-9(2)6-11(14)13-8-12(4-5-12)7-10(13)3;1-3(4)5-2;1-5-2(3)4/h1-12H,(H,26,27)(H,28,29);9-13H,5-8H2,1-4H3;9-10H,4-8H2,1-3H3;1-2H3;1H3,(H2,3,4)/t;10-,11?,12?,13?;;;/m.0.../s1. The van der Waals surface area contributed by atoms with Gasteiger partial charge in [-0.05, 0) is 122 Å². The molecule has 4 fully saturated rings. The summed E-state index contributed by atoms with van der Waals surface area (Å²) in [6.45, 7) is 17.5. The molecule has 2 aromatic heterocycles. The van der Waals surface area contributed by atoms with Crippen LogP contribution >= 0.6 is 0 Å². The van der Waals surface area contributed by atoms with Crippen LogP contribution in [-0.4, -0.2) is 92.5 Å². The highest BCUT2D eigenvalue weighted by atomic mass is 19.3. The molecule has 1 spiro atoms. The van der Waals surface area contributed by atoms with Crippen LogP contribution in [0.1, 0.15) is 118 Å². The van der Waals surface area contributed by atoms with E-state index in [-0.39, 0.29) is 23.0 Å². The predicted molar refractivity (Wildman–Crippen MR) is 265 cm³/mol. The summed E-state index contributed by atoms with van der Waals surface area (Å²) in [5.41, 5.74) is 11.0. The van der Waals surface area contributed by atoms with E-state index in [1.165, 1.54) is 66.0 Å². The number of carbonyl (C=O) groups excluding carboxylic acids is 4. The summed E-state index contributed by atoms with van der Waals surface area (Å²) >= 11 is 0. The predicted octanol–water partition coefficient (Wildman–Crippen LogP) is 11.1. The van der Waals surface area contributed by atoms with Crippen molar-refractivity contribution in [2.45, 2.75) is 131 Å². The van der Waals surface area contributed by atoms with E-state index in [9.17, 15) is 19.2 Å². The molecule has 5 aromatic rings.